The molecular weight excluding hydrogens is 300 g/mol. The fourth-order valence-corrected chi connectivity index (χ4v) is 4.51. The summed E-state index contributed by atoms with van der Waals surface area (Å²) in [5, 5.41) is 0. The molecule has 3 heterocycles. The van der Waals surface area contributed by atoms with Gasteiger partial charge in [-0.1, -0.05) is 6.42 Å². The Labute approximate surface area is 147 Å². The maximum absolute atomic E-state index is 12.6. The Morgan fingerprint density at radius 1 is 0.875 bits per heavy atom. The summed E-state index contributed by atoms with van der Waals surface area (Å²) < 4.78 is 0. The summed E-state index contributed by atoms with van der Waals surface area (Å²) in [6.45, 7) is 13.8. The van der Waals surface area contributed by atoms with E-state index in [1.54, 1.807) is 0 Å². The molecule has 0 spiro atoms. The summed E-state index contributed by atoms with van der Waals surface area (Å²) in [5.74, 6) is 0.342. The number of hydrogen-bond donors (Lipinski definition) is 0. The van der Waals surface area contributed by atoms with Crippen LogP contribution in [-0.2, 0) is 4.79 Å². The fraction of sp³-hybridized carbons (Fsp3) is 0.947. The van der Waals surface area contributed by atoms with Gasteiger partial charge in [-0.05, 0) is 52.6 Å². The SMILES string of the molecule is CC(C)N1CCN(C(=O)CN2CCC(N3CCCCC3)CC2)CC1. The number of hydrogen-bond acceptors (Lipinski definition) is 4. The molecule has 138 valence electrons. The van der Waals surface area contributed by atoms with Crippen LogP contribution in [0.1, 0.15) is 46.0 Å². The highest BCUT2D eigenvalue weighted by atomic mass is 16.2. The summed E-state index contributed by atoms with van der Waals surface area (Å²) >= 11 is 0. The molecule has 3 saturated heterocycles. The van der Waals surface area contributed by atoms with Crippen molar-refractivity contribution in [2.24, 2.45) is 0 Å². The highest BCUT2D eigenvalue weighted by molar-refractivity contribution is 5.78. The molecule has 1 amide bonds. The van der Waals surface area contributed by atoms with Gasteiger partial charge < -0.3 is 9.80 Å². The second-order valence-electron chi connectivity index (χ2n) is 8.11. The zero-order chi connectivity index (χ0) is 16.9. The van der Waals surface area contributed by atoms with Crippen LogP contribution in [0.3, 0.4) is 0 Å². The van der Waals surface area contributed by atoms with Gasteiger partial charge in [-0.15, -0.1) is 0 Å². The monoisotopic (exact) mass is 336 g/mol. The molecule has 0 N–H and O–H groups in total. The van der Waals surface area contributed by atoms with Crippen molar-refractivity contribution in [3.63, 3.8) is 0 Å². The molecule has 24 heavy (non-hydrogen) atoms. The first-order valence-electron chi connectivity index (χ1n) is 10.1. The van der Waals surface area contributed by atoms with Crippen LogP contribution in [0.4, 0.5) is 0 Å². The van der Waals surface area contributed by atoms with Crippen molar-refractivity contribution in [2.45, 2.75) is 58.0 Å². The van der Waals surface area contributed by atoms with Gasteiger partial charge in [0.05, 0.1) is 6.54 Å². The van der Waals surface area contributed by atoms with Gasteiger partial charge in [-0.25, -0.2) is 0 Å². The van der Waals surface area contributed by atoms with Gasteiger partial charge in [0.1, 0.15) is 0 Å². The van der Waals surface area contributed by atoms with Crippen LogP contribution in [0.2, 0.25) is 0 Å². The molecular formula is C19H36N4O. The Morgan fingerprint density at radius 2 is 1.50 bits per heavy atom. The zero-order valence-electron chi connectivity index (χ0n) is 15.8. The molecule has 5 heteroatoms. The minimum absolute atomic E-state index is 0.342. The van der Waals surface area contributed by atoms with Crippen molar-refractivity contribution in [3.05, 3.63) is 0 Å². The number of piperazine rings is 1. The Morgan fingerprint density at radius 3 is 2.08 bits per heavy atom. The Kier molecular flexibility index (Phi) is 6.53. The van der Waals surface area contributed by atoms with Crippen LogP contribution in [0, 0.1) is 0 Å². The topological polar surface area (TPSA) is 30.0 Å². The average Bonchev–Trinajstić information content (AvgIpc) is 2.63. The number of piperidine rings is 2. The molecule has 0 aromatic carbocycles. The maximum atomic E-state index is 12.6. The minimum atomic E-state index is 0.342. The van der Waals surface area contributed by atoms with Crippen LogP contribution >= 0.6 is 0 Å². The number of amides is 1. The van der Waals surface area contributed by atoms with Crippen molar-refractivity contribution >= 4 is 5.91 Å². The molecule has 3 aliphatic heterocycles. The van der Waals surface area contributed by atoms with Gasteiger partial charge in [0.25, 0.3) is 0 Å². The van der Waals surface area contributed by atoms with Crippen molar-refractivity contribution in [2.75, 3.05) is 58.9 Å². The molecule has 3 aliphatic rings. The van der Waals surface area contributed by atoms with E-state index in [4.69, 9.17) is 0 Å². The first-order valence-corrected chi connectivity index (χ1v) is 10.1. The molecule has 0 aromatic heterocycles. The highest BCUT2D eigenvalue weighted by Gasteiger charge is 2.28. The Bertz CT molecular complexity index is 392. The zero-order valence-corrected chi connectivity index (χ0v) is 15.8. The third-order valence-corrected chi connectivity index (χ3v) is 6.22. The van der Waals surface area contributed by atoms with E-state index in [2.05, 4.69) is 33.4 Å². The molecule has 0 bridgehead atoms. The smallest absolute Gasteiger partial charge is 0.236 e. The number of rotatable bonds is 4. The van der Waals surface area contributed by atoms with Crippen molar-refractivity contribution < 1.29 is 4.79 Å². The van der Waals surface area contributed by atoms with E-state index in [1.165, 1.54) is 45.2 Å². The lowest BCUT2D eigenvalue weighted by Crippen LogP contribution is -2.54. The molecule has 3 rings (SSSR count). The predicted molar refractivity (Wildman–Crippen MR) is 98.2 cm³/mol. The van der Waals surface area contributed by atoms with Crippen molar-refractivity contribution in [1.82, 2.24) is 19.6 Å². The van der Waals surface area contributed by atoms with Gasteiger partial charge >= 0.3 is 0 Å². The van der Waals surface area contributed by atoms with Gasteiger partial charge in [0, 0.05) is 51.4 Å². The molecule has 0 atom stereocenters. The van der Waals surface area contributed by atoms with Crippen molar-refractivity contribution in [1.29, 1.82) is 0 Å². The normalized spacial score (nSPS) is 26.2. The van der Waals surface area contributed by atoms with Gasteiger partial charge in [-0.3, -0.25) is 14.6 Å². The number of nitrogens with zero attached hydrogens (tertiary/aromatic N) is 4. The van der Waals surface area contributed by atoms with Gasteiger partial charge in [-0.2, -0.15) is 0 Å². The first-order chi connectivity index (χ1) is 11.6. The van der Waals surface area contributed by atoms with Gasteiger partial charge in [0.2, 0.25) is 5.91 Å². The van der Waals surface area contributed by atoms with E-state index in [9.17, 15) is 4.79 Å². The van der Waals surface area contributed by atoms with Crippen LogP contribution in [0.5, 0.6) is 0 Å². The molecule has 0 saturated carbocycles. The second kappa shape index (κ2) is 8.63. The molecule has 0 radical (unpaired) electrons. The lowest BCUT2D eigenvalue weighted by atomic mass is 10.00. The molecule has 5 nitrogen and oxygen atoms in total. The van der Waals surface area contributed by atoms with Gasteiger partial charge in [0.15, 0.2) is 0 Å². The van der Waals surface area contributed by atoms with Crippen LogP contribution < -0.4 is 0 Å². The Balaban J connectivity index is 1.37. The largest absolute Gasteiger partial charge is 0.339 e. The summed E-state index contributed by atoms with van der Waals surface area (Å²) in [4.78, 5) is 22.2. The summed E-state index contributed by atoms with van der Waals surface area (Å²) in [5.41, 5.74) is 0. The van der Waals surface area contributed by atoms with Crippen molar-refractivity contribution in [3.8, 4) is 0 Å². The summed E-state index contributed by atoms with van der Waals surface area (Å²) in [7, 11) is 0. The second-order valence-corrected chi connectivity index (χ2v) is 8.11. The number of likely N-dealkylation sites (tertiary alicyclic amines) is 2. The Hall–Kier alpha value is -0.650. The van der Waals surface area contributed by atoms with E-state index < -0.39 is 0 Å². The standard InChI is InChI=1S/C19H36N4O/c1-17(2)21-12-14-23(15-13-21)19(24)16-20-10-6-18(7-11-20)22-8-4-3-5-9-22/h17-18H,3-16H2,1-2H3. The molecule has 0 unspecified atom stereocenters. The highest BCUT2D eigenvalue weighted by Crippen LogP contribution is 2.21. The van der Waals surface area contributed by atoms with Crippen LogP contribution in [0.15, 0.2) is 0 Å². The molecule has 3 fully saturated rings. The third-order valence-electron chi connectivity index (χ3n) is 6.22. The lowest BCUT2D eigenvalue weighted by molar-refractivity contribution is -0.134. The number of carbonyl (C=O) groups is 1. The molecule has 0 aliphatic carbocycles. The summed E-state index contributed by atoms with van der Waals surface area (Å²) in [6.07, 6.45) is 6.65. The summed E-state index contributed by atoms with van der Waals surface area (Å²) in [6, 6.07) is 1.36. The van der Waals surface area contributed by atoms with E-state index in [0.29, 0.717) is 18.5 Å². The van der Waals surface area contributed by atoms with E-state index in [-0.39, 0.29) is 0 Å². The maximum Gasteiger partial charge on any atom is 0.236 e. The molecule has 0 aromatic rings. The first kappa shape index (κ1) is 18.2. The van der Waals surface area contributed by atoms with Crippen LogP contribution in [0.25, 0.3) is 0 Å². The third kappa shape index (κ3) is 4.70. The lowest BCUT2D eigenvalue weighted by Gasteiger charge is -2.41. The average molecular weight is 337 g/mol. The number of carbonyl (C=O) groups excluding carboxylic acids is 1. The minimum Gasteiger partial charge on any atom is -0.339 e. The van der Waals surface area contributed by atoms with E-state index in [0.717, 1.165) is 45.3 Å². The predicted octanol–water partition coefficient (Wildman–Crippen LogP) is 1.49. The fourth-order valence-electron chi connectivity index (χ4n) is 4.51. The quantitative estimate of drug-likeness (QED) is 0.778. The van der Waals surface area contributed by atoms with Crippen LogP contribution in [-0.4, -0.2) is 96.5 Å². The van der Waals surface area contributed by atoms with E-state index in [1.807, 2.05) is 0 Å². The van der Waals surface area contributed by atoms with E-state index >= 15 is 0 Å².